The lowest BCUT2D eigenvalue weighted by Gasteiger charge is -2.33. The minimum Gasteiger partial charge on any atom is -0.493 e. The number of nitrogens with zero attached hydrogens (tertiary/aromatic N) is 3. The molecule has 4 heterocycles. The first-order valence-electron chi connectivity index (χ1n) is 13.1. The lowest BCUT2D eigenvalue weighted by atomic mass is 9.66. The van der Waals surface area contributed by atoms with E-state index < -0.39 is 35.0 Å². The average molecular weight is 554 g/mol. The number of carbonyl (C=O) groups is 2. The van der Waals surface area contributed by atoms with Crippen LogP contribution in [-0.4, -0.2) is 45.8 Å². The van der Waals surface area contributed by atoms with Gasteiger partial charge in [0.2, 0.25) is 11.8 Å². The molecule has 3 fully saturated rings. The summed E-state index contributed by atoms with van der Waals surface area (Å²) in [5.41, 5.74) is -0.663. The van der Waals surface area contributed by atoms with Crippen molar-refractivity contribution in [3.63, 3.8) is 0 Å². The maximum absolute atomic E-state index is 14.1. The number of hydrogen-bond donors (Lipinski definition) is 1. The van der Waals surface area contributed by atoms with Crippen molar-refractivity contribution in [3.8, 4) is 11.8 Å². The molecule has 40 heavy (non-hydrogen) atoms. The third kappa shape index (κ3) is 3.35. The molecular weight excluding hydrogens is 530 g/mol. The van der Waals surface area contributed by atoms with Gasteiger partial charge in [0.15, 0.2) is 0 Å². The van der Waals surface area contributed by atoms with Crippen molar-refractivity contribution in [2.45, 2.75) is 37.1 Å². The standard InChI is InChI=1S/C31H24ClN3O5/c1-30-25(36)15-31(40-30,11-13-39-24-10-12-34-22-14-18(32)7-8-21(22)24)27-26(30)28(37)35(29(27)38)23-9-6-17(16-33)19-4-2-3-5-20(19)23/h2-10,12,14,25-27,36H,11,13,15H2,1H3. The number of pyridine rings is 1. The zero-order valence-corrected chi connectivity index (χ0v) is 22.3. The Hall–Kier alpha value is -4.03. The van der Waals surface area contributed by atoms with Crippen LogP contribution in [0.3, 0.4) is 0 Å². The number of ether oxygens (including phenoxy) is 2. The second-order valence-electron chi connectivity index (χ2n) is 10.9. The van der Waals surface area contributed by atoms with E-state index in [-0.39, 0.29) is 18.9 Å². The molecule has 2 amide bonds. The molecule has 3 aromatic carbocycles. The third-order valence-corrected chi connectivity index (χ3v) is 9.06. The number of carbonyl (C=O) groups excluding carboxylic acids is 2. The molecule has 200 valence electrons. The summed E-state index contributed by atoms with van der Waals surface area (Å²) in [5.74, 6) is -1.73. The zero-order chi connectivity index (χ0) is 27.8. The van der Waals surface area contributed by atoms with Gasteiger partial charge >= 0.3 is 0 Å². The highest BCUT2D eigenvalue weighted by Crippen LogP contribution is 2.62. The molecule has 8 nitrogen and oxygen atoms in total. The lowest BCUT2D eigenvalue weighted by Crippen LogP contribution is -2.49. The maximum Gasteiger partial charge on any atom is 0.240 e. The van der Waals surface area contributed by atoms with Crippen molar-refractivity contribution in [1.29, 1.82) is 5.26 Å². The van der Waals surface area contributed by atoms with Crippen LogP contribution < -0.4 is 9.64 Å². The third-order valence-electron chi connectivity index (χ3n) is 8.82. The Labute approximate surface area is 234 Å². The van der Waals surface area contributed by atoms with E-state index >= 15 is 0 Å². The van der Waals surface area contributed by atoms with Gasteiger partial charge in [0.25, 0.3) is 0 Å². The fourth-order valence-corrected chi connectivity index (χ4v) is 7.16. The summed E-state index contributed by atoms with van der Waals surface area (Å²) in [4.78, 5) is 33.6. The van der Waals surface area contributed by atoms with Crippen LogP contribution in [0.4, 0.5) is 5.69 Å². The predicted octanol–water partition coefficient (Wildman–Crippen LogP) is 4.78. The molecule has 0 radical (unpaired) electrons. The summed E-state index contributed by atoms with van der Waals surface area (Å²) in [6, 6.07) is 19.8. The predicted molar refractivity (Wildman–Crippen MR) is 148 cm³/mol. The van der Waals surface area contributed by atoms with Crippen molar-refractivity contribution in [2.75, 3.05) is 11.5 Å². The van der Waals surface area contributed by atoms with Crippen molar-refractivity contribution >= 4 is 50.8 Å². The first-order valence-corrected chi connectivity index (χ1v) is 13.5. The molecule has 3 saturated heterocycles. The van der Waals surface area contributed by atoms with E-state index in [1.165, 1.54) is 4.90 Å². The number of aliphatic hydroxyl groups excluding tert-OH is 1. The highest BCUT2D eigenvalue weighted by Gasteiger charge is 2.77. The summed E-state index contributed by atoms with van der Waals surface area (Å²) >= 11 is 6.11. The fraction of sp³-hybridized carbons (Fsp3) is 0.290. The fourth-order valence-electron chi connectivity index (χ4n) is 6.99. The van der Waals surface area contributed by atoms with Crippen LogP contribution in [-0.2, 0) is 14.3 Å². The van der Waals surface area contributed by atoms with Crippen LogP contribution in [0.15, 0.2) is 66.9 Å². The van der Waals surface area contributed by atoms with E-state index in [0.29, 0.717) is 44.7 Å². The number of benzene rings is 3. The first-order chi connectivity index (χ1) is 19.3. The van der Waals surface area contributed by atoms with Gasteiger partial charge in [0.05, 0.1) is 53.0 Å². The lowest BCUT2D eigenvalue weighted by molar-refractivity contribution is -0.134. The normalized spacial score (nSPS) is 28.9. The van der Waals surface area contributed by atoms with Gasteiger partial charge in [0.1, 0.15) is 11.4 Å². The van der Waals surface area contributed by atoms with E-state index in [4.69, 9.17) is 21.1 Å². The highest BCUT2D eigenvalue weighted by atomic mass is 35.5. The first kappa shape index (κ1) is 25.0. The molecule has 5 unspecified atom stereocenters. The van der Waals surface area contributed by atoms with Gasteiger partial charge in [-0.2, -0.15) is 5.26 Å². The number of fused-ring (bicyclic) bond motifs is 7. The topological polar surface area (TPSA) is 113 Å². The molecule has 4 aromatic rings. The molecule has 0 aliphatic carbocycles. The number of amides is 2. The Kier molecular flexibility index (Phi) is 5.45. The number of aliphatic hydroxyl groups is 1. The van der Waals surface area contributed by atoms with E-state index in [2.05, 4.69) is 11.1 Å². The summed E-state index contributed by atoms with van der Waals surface area (Å²) in [5, 5.41) is 23.3. The largest absolute Gasteiger partial charge is 0.493 e. The molecule has 1 aromatic heterocycles. The van der Waals surface area contributed by atoms with Crippen molar-refractivity contribution in [2.24, 2.45) is 11.8 Å². The molecule has 7 rings (SSSR count). The van der Waals surface area contributed by atoms with Crippen LogP contribution in [0.25, 0.3) is 21.7 Å². The average Bonchev–Trinajstić information content (AvgIpc) is 3.48. The number of imide groups is 1. The minimum absolute atomic E-state index is 0.203. The minimum atomic E-state index is -1.20. The Balaban J connectivity index is 1.22. The summed E-state index contributed by atoms with van der Waals surface area (Å²) < 4.78 is 12.6. The molecule has 3 aliphatic rings. The number of rotatable bonds is 5. The summed E-state index contributed by atoms with van der Waals surface area (Å²) in [6.07, 6.45) is 1.26. The van der Waals surface area contributed by atoms with Gasteiger partial charge in [-0.25, -0.2) is 4.90 Å². The quantitative estimate of drug-likeness (QED) is 0.354. The number of hydrogen-bond acceptors (Lipinski definition) is 7. The number of nitriles is 1. The van der Waals surface area contributed by atoms with Crippen molar-refractivity contribution in [1.82, 2.24) is 4.98 Å². The Morgan fingerprint density at radius 3 is 2.67 bits per heavy atom. The molecular formula is C31H24ClN3O5. The van der Waals surface area contributed by atoms with Crippen molar-refractivity contribution in [3.05, 3.63) is 77.4 Å². The smallest absolute Gasteiger partial charge is 0.240 e. The number of halogens is 1. The molecule has 0 spiro atoms. The van der Waals surface area contributed by atoms with Gasteiger partial charge in [-0.05, 0) is 43.3 Å². The van der Waals surface area contributed by atoms with Crippen LogP contribution in [0, 0.1) is 23.2 Å². The van der Waals surface area contributed by atoms with Gasteiger partial charge < -0.3 is 14.6 Å². The summed E-state index contributed by atoms with van der Waals surface area (Å²) in [7, 11) is 0. The second kappa shape index (κ2) is 8.73. The molecule has 1 N–H and O–H groups in total. The highest BCUT2D eigenvalue weighted by molar-refractivity contribution is 6.31. The second-order valence-corrected chi connectivity index (χ2v) is 11.3. The summed E-state index contributed by atoms with van der Waals surface area (Å²) in [6.45, 7) is 1.92. The monoisotopic (exact) mass is 553 g/mol. The van der Waals surface area contributed by atoms with Gasteiger partial charge in [-0.3, -0.25) is 14.6 Å². The SMILES string of the molecule is CC12OC(CCOc3ccnc4cc(Cl)ccc34)(CC1O)C1C(=O)N(c3ccc(C#N)c4ccccc34)C(=O)C12. The van der Waals surface area contributed by atoms with Crippen LogP contribution >= 0.6 is 11.6 Å². The van der Waals surface area contributed by atoms with Gasteiger partial charge in [0, 0.05) is 40.2 Å². The molecule has 3 aliphatic heterocycles. The molecule has 2 bridgehead atoms. The number of aromatic nitrogens is 1. The van der Waals surface area contributed by atoms with E-state index in [0.717, 1.165) is 5.39 Å². The van der Waals surface area contributed by atoms with Gasteiger partial charge in [-0.15, -0.1) is 0 Å². The Bertz CT molecular complexity index is 1790. The van der Waals surface area contributed by atoms with E-state index in [1.807, 2.05) is 18.2 Å². The Morgan fingerprint density at radius 2 is 1.88 bits per heavy atom. The van der Waals surface area contributed by atoms with Gasteiger partial charge in [-0.1, -0.05) is 35.9 Å². The van der Waals surface area contributed by atoms with Crippen LogP contribution in [0.1, 0.15) is 25.3 Å². The number of anilines is 1. The van der Waals surface area contributed by atoms with E-state index in [9.17, 15) is 20.0 Å². The zero-order valence-electron chi connectivity index (χ0n) is 21.5. The van der Waals surface area contributed by atoms with Crippen molar-refractivity contribution < 1.29 is 24.2 Å². The van der Waals surface area contributed by atoms with Crippen LogP contribution in [0.5, 0.6) is 5.75 Å². The molecule has 0 saturated carbocycles. The molecule has 5 atom stereocenters. The molecule has 9 heteroatoms. The maximum atomic E-state index is 14.1. The van der Waals surface area contributed by atoms with Crippen LogP contribution in [0.2, 0.25) is 5.02 Å². The van der Waals surface area contributed by atoms with E-state index in [1.54, 1.807) is 55.6 Å². The Morgan fingerprint density at radius 1 is 1.10 bits per heavy atom.